The minimum Gasteiger partial charge on any atom is -0.493 e. The van der Waals surface area contributed by atoms with E-state index in [1.165, 1.54) is 25.3 Å². The molecule has 27 heavy (non-hydrogen) atoms. The number of halogens is 2. The molecular weight excluding hydrogens is 423 g/mol. The third-order valence-electron chi connectivity index (χ3n) is 3.86. The third-order valence-corrected chi connectivity index (χ3v) is 4.45. The summed E-state index contributed by atoms with van der Waals surface area (Å²) in [5.74, 6) is 0.369. The summed E-state index contributed by atoms with van der Waals surface area (Å²) in [7, 11) is 1.48. The van der Waals surface area contributed by atoms with Crippen LogP contribution in [0.2, 0.25) is 0 Å². The number of carbonyl (C=O) groups is 1. The molecule has 8 heteroatoms. The predicted molar refractivity (Wildman–Crippen MR) is 97.7 cm³/mol. The van der Waals surface area contributed by atoms with Gasteiger partial charge in [0.25, 0.3) is 0 Å². The van der Waals surface area contributed by atoms with Crippen molar-refractivity contribution in [1.29, 1.82) is 0 Å². The van der Waals surface area contributed by atoms with Crippen molar-refractivity contribution >= 4 is 21.9 Å². The Kier molecular flexibility index (Phi) is 6.18. The normalized spacial score (nSPS) is 12.7. The standard InChI is InChI=1S/C19H18BrFO6/c1-3-25-18-15(20)6-11(7-16(18)23-2)19(22)26-9-13-5-14(21)4-12-8-24-10-27-17(12)13/h4-7H,3,8-10H2,1-2H3. The second-order valence-corrected chi connectivity index (χ2v) is 6.52. The second kappa shape index (κ2) is 8.58. The minimum absolute atomic E-state index is 0.0720. The number of ether oxygens (including phenoxy) is 5. The first kappa shape index (κ1) is 19.4. The summed E-state index contributed by atoms with van der Waals surface area (Å²) in [6.45, 7) is 2.49. The first-order valence-electron chi connectivity index (χ1n) is 8.22. The van der Waals surface area contributed by atoms with Crippen LogP contribution in [0.5, 0.6) is 17.2 Å². The molecule has 0 atom stereocenters. The van der Waals surface area contributed by atoms with E-state index in [0.29, 0.717) is 39.5 Å². The van der Waals surface area contributed by atoms with Gasteiger partial charge in [-0.2, -0.15) is 0 Å². The number of benzene rings is 2. The molecule has 0 aromatic heterocycles. The quantitative estimate of drug-likeness (QED) is 0.626. The van der Waals surface area contributed by atoms with E-state index in [9.17, 15) is 9.18 Å². The molecule has 2 aromatic carbocycles. The van der Waals surface area contributed by atoms with E-state index in [2.05, 4.69) is 15.9 Å². The first-order valence-corrected chi connectivity index (χ1v) is 9.02. The van der Waals surface area contributed by atoms with E-state index in [1.54, 1.807) is 6.07 Å². The molecule has 0 spiro atoms. The average molecular weight is 441 g/mol. The highest BCUT2D eigenvalue weighted by atomic mass is 79.9. The Labute approximate surface area is 164 Å². The van der Waals surface area contributed by atoms with Crippen LogP contribution in [0.1, 0.15) is 28.4 Å². The third kappa shape index (κ3) is 4.33. The Balaban J connectivity index is 1.79. The summed E-state index contributed by atoms with van der Waals surface area (Å²) in [5.41, 5.74) is 1.30. The Hall–Kier alpha value is -2.32. The van der Waals surface area contributed by atoms with Crippen LogP contribution in [0, 0.1) is 5.82 Å². The van der Waals surface area contributed by atoms with Gasteiger partial charge in [-0.1, -0.05) is 0 Å². The van der Waals surface area contributed by atoms with Crippen LogP contribution in [0.25, 0.3) is 0 Å². The molecule has 0 fully saturated rings. The molecule has 1 heterocycles. The molecule has 0 unspecified atom stereocenters. The maximum absolute atomic E-state index is 13.8. The van der Waals surface area contributed by atoms with E-state index in [4.69, 9.17) is 23.7 Å². The van der Waals surface area contributed by atoms with Crippen LogP contribution < -0.4 is 14.2 Å². The van der Waals surface area contributed by atoms with E-state index in [0.717, 1.165) is 0 Å². The van der Waals surface area contributed by atoms with E-state index >= 15 is 0 Å². The molecule has 0 radical (unpaired) electrons. The van der Waals surface area contributed by atoms with Crippen molar-refractivity contribution in [3.8, 4) is 17.2 Å². The minimum atomic E-state index is -0.581. The molecule has 0 bridgehead atoms. The summed E-state index contributed by atoms with van der Waals surface area (Å²) >= 11 is 3.37. The number of methoxy groups -OCH3 is 1. The monoisotopic (exact) mass is 440 g/mol. The molecule has 0 amide bonds. The Bertz CT molecular complexity index is 855. The van der Waals surface area contributed by atoms with E-state index < -0.39 is 11.8 Å². The first-order chi connectivity index (χ1) is 13.0. The lowest BCUT2D eigenvalue weighted by Gasteiger charge is -2.20. The fourth-order valence-corrected chi connectivity index (χ4v) is 3.27. The summed E-state index contributed by atoms with van der Waals surface area (Å²) in [4.78, 5) is 12.5. The molecule has 0 saturated heterocycles. The smallest absolute Gasteiger partial charge is 0.338 e. The largest absolute Gasteiger partial charge is 0.493 e. The fourth-order valence-electron chi connectivity index (χ4n) is 2.71. The number of fused-ring (bicyclic) bond motifs is 1. The van der Waals surface area contributed by atoms with Crippen LogP contribution in [0.4, 0.5) is 4.39 Å². The fraction of sp³-hybridized carbons (Fsp3) is 0.316. The van der Waals surface area contributed by atoms with Gasteiger partial charge in [0.05, 0.1) is 30.4 Å². The highest BCUT2D eigenvalue weighted by molar-refractivity contribution is 9.10. The lowest BCUT2D eigenvalue weighted by molar-refractivity contribution is -0.0182. The SMILES string of the molecule is CCOc1c(Br)cc(C(=O)OCc2cc(F)cc3c2OCOC3)cc1OC. The maximum atomic E-state index is 13.8. The molecule has 0 saturated carbocycles. The topological polar surface area (TPSA) is 63.2 Å². The summed E-state index contributed by atoms with van der Waals surface area (Å²) in [6.07, 6.45) is 0. The lowest BCUT2D eigenvalue weighted by atomic mass is 10.1. The van der Waals surface area contributed by atoms with Crippen molar-refractivity contribution in [3.05, 3.63) is 51.2 Å². The zero-order chi connectivity index (χ0) is 19.4. The molecule has 3 rings (SSSR count). The van der Waals surface area contributed by atoms with Gasteiger partial charge in [-0.05, 0) is 47.1 Å². The molecule has 6 nitrogen and oxygen atoms in total. The van der Waals surface area contributed by atoms with Crippen molar-refractivity contribution in [1.82, 2.24) is 0 Å². The van der Waals surface area contributed by atoms with Gasteiger partial charge in [0.1, 0.15) is 18.2 Å². The van der Waals surface area contributed by atoms with Gasteiger partial charge in [-0.15, -0.1) is 0 Å². The average Bonchev–Trinajstić information content (AvgIpc) is 2.67. The second-order valence-electron chi connectivity index (χ2n) is 5.66. The molecule has 0 aliphatic carbocycles. The van der Waals surface area contributed by atoms with Gasteiger partial charge in [0.15, 0.2) is 18.3 Å². The Morgan fingerprint density at radius 3 is 2.85 bits per heavy atom. The van der Waals surface area contributed by atoms with Gasteiger partial charge >= 0.3 is 5.97 Å². The Morgan fingerprint density at radius 1 is 1.30 bits per heavy atom. The summed E-state index contributed by atoms with van der Waals surface area (Å²) < 4.78 is 41.0. The number of carbonyl (C=O) groups excluding carboxylic acids is 1. The van der Waals surface area contributed by atoms with Gasteiger partial charge in [0, 0.05) is 11.1 Å². The van der Waals surface area contributed by atoms with Gasteiger partial charge in [0.2, 0.25) is 0 Å². The van der Waals surface area contributed by atoms with Crippen LogP contribution in [-0.2, 0) is 22.7 Å². The molecule has 2 aromatic rings. The number of rotatable bonds is 6. The zero-order valence-electron chi connectivity index (χ0n) is 14.8. The number of hydrogen-bond acceptors (Lipinski definition) is 6. The summed E-state index contributed by atoms with van der Waals surface area (Å²) in [6, 6.07) is 5.74. The van der Waals surface area contributed by atoms with Crippen molar-refractivity contribution in [2.24, 2.45) is 0 Å². The molecule has 1 aliphatic rings. The molecule has 1 aliphatic heterocycles. The number of esters is 1. The highest BCUT2D eigenvalue weighted by Gasteiger charge is 2.20. The van der Waals surface area contributed by atoms with E-state index in [-0.39, 0.29) is 25.6 Å². The van der Waals surface area contributed by atoms with Crippen LogP contribution in [0.3, 0.4) is 0 Å². The van der Waals surface area contributed by atoms with Crippen molar-refractivity contribution in [3.63, 3.8) is 0 Å². The lowest BCUT2D eigenvalue weighted by Crippen LogP contribution is -2.15. The van der Waals surface area contributed by atoms with Crippen LogP contribution in [0.15, 0.2) is 28.7 Å². The highest BCUT2D eigenvalue weighted by Crippen LogP contribution is 2.37. The van der Waals surface area contributed by atoms with E-state index in [1.807, 2.05) is 6.92 Å². The predicted octanol–water partition coefficient (Wildman–Crippen LogP) is 4.22. The van der Waals surface area contributed by atoms with Crippen LogP contribution >= 0.6 is 15.9 Å². The molecular formula is C19H18BrFO6. The van der Waals surface area contributed by atoms with Gasteiger partial charge in [-0.25, -0.2) is 9.18 Å². The van der Waals surface area contributed by atoms with Crippen LogP contribution in [-0.4, -0.2) is 26.5 Å². The van der Waals surface area contributed by atoms with Gasteiger partial charge in [-0.3, -0.25) is 0 Å². The summed E-state index contributed by atoms with van der Waals surface area (Å²) in [5, 5.41) is 0. The number of hydrogen-bond donors (Lipinski definition) is 0. The van der Waals surface area contributed by atoms with Gasteiger partial charge < -0.3 is 23.7 Å². The van der Waals surface area contributed by atoms with Crippen molar-refractivity contribution in [2.45, 2.75) is 20.1 Å². The maximum Gasteiger partial charge on any atom is 0.338 e. The molecule has 144 valence electrons. The zero-order valence-corrected chi connectivity index (χ0v) is 16.4. The van der Waals surface area contributed by atoms with Crippen molar-refractivity contribution < 1.29 is 32.9 Å². The molecule has 0 N–H and O–H groups in total. The Morgan fingerprint density at radius 2 is 2.11 bits per heavy atom. The van der Waals surface area contributed by atoms with Crippen molar-refractivity contribution in [2.75, 3.05) is 20.5 Å².